The van der Waals surface area contributed by atoms with E-state index < -0.39 is 0 Å². The Labute approximate surface area is 105 Å². The molecule has 16 heavy (non-hydrogen) atoms. The molecule has 0 amide bonds. The van der Waals surface area contributed by atoms with Crippen molar-refractivity contribution in [2.45, 2.75) is 58.3 Å². The standard InChI is InChI=1S/C15H25Cl/c1-10(2)14(16)7-8-15(4)11(3)12-5-6-13(15)9-12/h11-14H,1,5-9H2,2-4H3. The van der Waals surface area contributed by atoms with Gasteiger partial charge in [0.25, 0.3) is 0 Å². The van der Waals surface area contributed by atoms with E-state index in [0.29, 0.717) is 5.41 Å². The SMILES string of the molecule is C=C(C)C(Cl)CCC1(C)C2CCC(C2)C1C. The molecule has 0 aromatic rings. The fourth-order valence-corrected chi connectivity index (χ4v) is 4.20. The van der Waals surface area contributed by atoms with Crippen LogP contribution in [0.15, 0.2) is 12.2 Å². The summed E-state index contributed by atoms with van der Waals surface area (Å²) >= 11 is 6.31. The molecule has 2 bridgehead atoms. The fourth-order valence-electron chi connectivity index (χ4n) is 4.10. The Kier molecular flexibility index (Phi) is 3.41. The largest absolute Gasteiger partial charge is 0.118 e. The average Bonchev–Trinajstić information content (AvgIpc) is 2.79. The number of rotatable bonds is 4. The van der Waals surface area contributed by atoms with Gasteiger partial charge < -0.3 is 0 Å². The quantitative estimate of drug-likeness (QED) is 0.478. The molecule has 0 nitrogen and oxygen atoms in total. The first kappa shape index (κ1) is 12.5. The van der Waals surface area contributed by atoms with Gasteiger partial charge >= 0.3 is 0 Å². The van der Waals surface area contributed by atoms with Crippen LogP contribution in [0, 0.1) is 23.2 Å². The molecule has 0 aromatic heterocycles. The third kappa shape index (κ3) is 1.94. The zero-order valence-corrected chi connectivity index (χ0v) is 11.7. The van der Waals surface area contributed by atoms with E-state index in [1.165, 1.54) is 25.7 Å². The maximum atomic E-state index is 6.31. The summed E-state index contributed by atoms with van der Waals surface area (Å²) in [4.78, 5) is 0. The monoisotopic (exact) mass is 240 g/mol. The lowest BCUT2D eigenvalue weighted by Gasteiger charge is -2.40. The number of alkyl halides is 1. The van der Waals surface area contributed by atoms with Gasteiger partial charge in [-0.25, -0.2) is 0 Å². The summed E-state index contributed by atoms with van der Waals surface area (Å²) in [5, 5.41) is 0.183. The summed E-state index contributed by atoms with van der Waals surface area (Å²) in [7, 11) is 0. The maximum absolute atomic E-state index is 6.31. The van der Waals surface area contributed by atoms with Gasteiger partial charge in [-0.1, -0.05) is 26.0 Å². The van der Waals surface area contributed by atoms with Crippen molar-refractivity contribution in [1.29, 1.82) is 0 Å². The molecule has 2 rings (SSSR count). The van der Waals surface area contributed by atoms with Gasteiger partial charge in [0.2, 0.25) is 0 Å². The van der Waals surface area contributed by atoms with Gasteiger partial charge in [-0.2, -0.15) is 0 Å². The Hall–Kier alpha value is 0.0300. The molecule has 0 N–H and O–H groups in total. The third-order valence-electron chi connectivity index (χ3n) is 5.62. The van der Waals surface area contributed by atoms with Crippen molar-refractivity contribution >= 4 is 11.6 Å². The second kappa shape index (κ2) is 4.37. The minimum Gasteiger partial charge on any atom is -0.118 e. The minimum atomic E-state index is 0.183. The smallest absolute Gasteiger partial charge is 0.0540 e. The summed E-state index contributed by atoms with van der Waals surface area (Å²) in [6.07, 6.45) is 6.83. The molecular formula is C15H25Cl. The highest BCUT2D eigenvalue weighted by Gasteiger charge is 2.52. The van der Waals surface area contributed by atoms with Crippen LogP contribution in [0.5, 0.6) is 0 Å². The van der Waals surface area contributed by atoms with Crippen LogP contribution in [0.4, 0.5) is 0 Å². The summed E-state index contributed by atoms with van der Waals surface area (Å²) < 4.78 is 0. The first-order chi connectivity index (χ1) is 7.45. The van der Waals surface area contributed by atoms with E-state index in [4.69, 9.17) is 11.6 Å². The van der Waals surface area contributed by atoms with Crippen molar-refractivity contribution in [2.24, 2.45) is 23.2 Å². The van der Waals surface area contributed by atoms with E-state index in [0.717, 1.165) is 29.7 Å². The lowest BCUT2D eigenvalue weighted by molar-refractivity contribution is 0.0993. The lowest BCUT2D eigenvalue weighted by Crippen LogP contribution is -2.32. The molecule has 5 atom stereocenters. The molecule has 2 saturated carbocycles. The zero-order valence-electron chi connectivity index (χ0n) is 10.9. The van der Waals surface area contributed by atoms with Gasteiger partial charge in [-0.15, -0.1) is 11.6 Å². The first-order valence-electron chi connectivity index (χ1n) is 6.74. The average molecular weight is 241 g/mol. The van der Waals surface area contributed by atoms with E-state index in [1.54, 1.807) is 0 Å². The lowest BCUT2D eigenvalue weighted by atomic mass is 9.65. The summed E-state index contributed by atoms with van der Waals surface area (Å²) in [6, 6.07) is 0. The van der Waals surface area contributed by atoms with Gasteiger partial charge in [0, 0.05) is 0 Å². The van der Waals surface area contributed by atoms with Crippen molar-refractivity contribution in [3.05, 3.63) is 12.2 Å². The van der Waals surface area contributed by atoms with Crippen LogP contribution >= 0.6 is 11.6 Å². The normalized spacial score (nSPS) is 43.6. The molecule has 1 heteroatoms. The highest BCUT2D eigenvalue weighted by molar-refractivity contribution is 6.22. The van der Waals surface area contributed by atoms with Crippen LogP contribution < -0.4 is 0 Å². The van der Waals surface area contributed by atoms with Crippen molar-refractivity contribution in [1.82, 2.24) is 0 Å². The van der Waals surface area contributed by atoms with E-state index in [2.05, 4.69) is 20.4 Å². The summed E-state index contributed by atoms with van der Waals surface area (Å²) in [5.74, 6) is 2.88. The molecule has 92 valence electrons. The van der Waals surface area contributed by atoms with Gasteiger partial charge in [-0.3, -0.25) is 0 Å². The van der Waals surface area contributed by atoms with E-state index in [1.807, 2.05) is 6.92 Å². The van der Waals surface area contributed by atoms with Crippen LogP contribution in [0.2, 0.25) is 0 Å². The first-order valence-corrected chi connectivity index (χ1v) is 7.18. The van der Waals surface area contributed by atoms with Gasteiger partial charge in [-0.05, 0) is 62.2 Å². The predicted octanol–water partition coefficient (Wildman–Crippen LogP) is 5.02. The molecule has 0 spiro atoms. The Morgan fingerprint density at radius 1 is 1.50 bits per heavy atom. The van der Waals surface area contributed by atoms with Crippen LogP contribution in [-0.4, -0.2) is 5.38 Å². The topological polar surface area (TPSA) is 0 Å². The van der Waals surface area contributed by atoms with Crippen molar-refractivity contribution in [2.75, 3.05) is 0 Å². The molecule has 2 aliphatic rings. The van der Waals surface area contributed by atoms with E-state index in [9.17, 15) is 0 Å². The van der Waals surface area contributed by atoms with Crippen LogP contribution in [0.1, 0.15) is 52.9 Å². The Morgan fingerprint density at radius 2 is 2.19 bits per heavy atom. The molecule has 2 aliphatic carbocycles. The molecular weight excluding hydrogens is 216 g/mol. The Bertz CT molecular complexity index is 279. The second-order valence-electron chi connectivity index (χ2n) is 6.42. The maximum Gasteiger partial charge on any atom is 0.0540 e. The van der Waals surface area contributed by atoms with Crippen LogP contribution in [0.3, 0.4) is 0 Å². The number of fused-ring (bicyclic) bond motifs is 2. The molecule has 0 radical (unpaired) electrons. The van der Waals surface area contributed by atoms with Crippen molar-refractivity contribution in [3.63, 3.8) is 0 Å². The molecule has 0 heterocycles. The van der Waals surface area contributed by atoms with Crippen molar-refractivity contribution < 1.29 is 0 Å². The summed E-state index contributed by atoms with van der Waals surface area (Å²) in [5.41, 5.74) is 1.69. The van der Waals surface area contributed by atoms with Gasteiger partial charge in [0.1, 0.15) is 0 Å². The minimum absolute atomic E-state index is 0.183. The van der Waals surface area contributed by atoms with Crippen LogP contribution in [0.25, 0.3) is 0 Å². The highest BCUT2D eigenvalue weighted by Crippen LogP contribution is 2.61. The van der Waals surface area contributed by atoms with Gasteiger partial charge in [0.15, 0.2) is 0 Å². The molecule has 5 unspecified atom stereocenters. The summed E-state index contributed by atoms with van der Waals surface area (Å²) in [6.45, 7) is 11.0. The van der Waals surface area contributed by atoms with E-state index in [-0.39, 0.29) is 5.38 Å². The molecule has 0 aliphatic heterocycles. The Morgan fingerprint density at radius 3 is 2.69 bits per heavy atom. The molecule has 0 saturated heterocycles. The number of allylic oxidation sites excluding steroid dienone is 1. The number of hydrogen-bond donors (Lipinski definition) is 0. The fraction of sp³-hybridized carbons (Fsp3) is 0.867. The number of hydrogen-bond acceptors (Lipinski definition) is 0. The predicted molar refractivity (Wildman–Crippen MR) is 71.8 cm³/mol. The molecule has 2 fully saturated rings. The Balaban J connectivity index is 1.96. The number of halogens is 1. The third-order valence-corrected chi connectivity index (χ3v) is 6.22. The molecule has 0 aromatic carbocycles. The zero-order chi connectivity index (χ0) is 11.9. The highest BCUT2D eigenvalue weighted by atomic mass is 35.5. The second-order valence-corrected chi connectivity index (χ2v) is 6.94. The van der Waals surface area contributed by atoms with Gasteiger partial charge in [0.05, 0.1) is 5.38 Å². The van der Waals surface area contributed by atoms with E-state index >= 15 is 0 Å². The van der Waals surface area contributed by atoms with Crippen LogP contribution in [-0.2, 0) is 0 Å². The van der Waals surface area contributed by atoms with Crippen molar-refractivity contribution in [3.8, 4) is 0 Å².